The van der Waals surface area contributed by atoms with E-state index in [2.05, 4.69) is 5.32 Å². The molecule has 2 heterocycles. The average Bonchev–Trinajstić information content (AvgIpc) is 3.14. The van der Waals surface area contributed by atoms with Gasteiger partial charge < -0.3 is 24.3 Å². The molecule has 0 bridgehead atoms. The number of carbonyl (C=O) groups is 2. The highest BCUT2D eigenvalue weighted by molar-refractivity contribution is 5.95. The Morgan fingerprint density at radius 3 is 2.88 bits per heavy atom. The molecule has 1 atom stereocenters. The van der Waals surface area contributed by atoms with Crippen molar-refractivity contribution in [1.82, 2.24) is 14.8 Å². The van der Waals surface area contributed by atoms with E-state index < -0.39 is 0 Å². The quantitative estimate of drug-likeness (QED) is 0.813. The second kappa shape index (κ2) is 8.05. The molecule has 1 aliphatic rings. The van der Waals surface area contributed by atoms with Gasteiger partial charge in [0.25, 0.3) is 11.8 Å². The zero-order valence-corrected chi connectivity index (χ0v) is 15.0. The lowest BCUT2D eigenvalue weighted by molar-refractivity contribution is 0.0504. The first-order chi connectivity index (χ1) is 12.6. The molecule has 0 saturated carbocycles. The maximum atomic E-state index is 12.7. The van der Waals surface area contributed by atoms with Gasteiger partial charge in [0.05, 0.1) is 19.8 Å². The fourth-order valence-electron chi connectivity index (χ4n) is 3.13. The van der Waals surface area contributed by atoms with Crippen molar-refractivity contribution in [2.24, 2.45) is 0 Å². The van der Waals surface area contributed by atoms with E-state index >= 15 is 0 Å². The van der Waals surface area contributed by atoms with Crippen LogP contribution >= 0.6 is 0 Å². The third kappa shape index (κ3) is 3.72. The number of aromatic nitrogens is 1. The Balaban J connectivity index is 1.70. The topological polar surface area (TPSA) is 72.8 Å². The van der Waals surface area contributed by atoms with Crippen LogP contribution in [0.15, 0.2) is 42.6 Å². The lowest BCUT2D eigenvalue weighted by atomic mass is 10.1. The molecule has 7 heteroatoms. The maximum Gasteiger partial charge on any atom is 0.270 e. The van der Waals surface area contributed by atoms with Crippen LogP contribution in [0.1, 0.15) is 20.8 Å². The first-order valence-corrected chi connectivity index (χ1v) is 8.51. The predicted octanol–water partition coefficient (Wildman–Crippen LogP) is 1.40. The molecule has 1 aromatic carbocycles. The highest BCUT2D eigenvalue weighted by Crippen LogP contribution is 2.18. The van der Waals surface area contributed by atoms with E-state index in [0.29, 0.717) is 43.2 Å². The molecule has 3 rings (SSSR count). The van der Waals surface area contributed by atoms with Gasteiger partial charge in [-0.25, -0.2) is 0 Å². The van der Waals surface area contributed by atoms with Gasteiger partial charge in [-0.2, -0.15) is 0 Å². The van der Waals surface area contributed by atoms with Crippen LogP contribution in [-0.4, -0.2) is 61.2 Å². The molecule has 2 aromatic rings. The van der Waals surface area contributed by atoms with E-state index in [1.807, 2.05) is 22.9 Å². The number of benzene rings is 1. The number of nitrogens with zero attached hydrogens (tertiary/aromatic N) is 2. The summed E-state index contributed by atoms with van der Waals surface area (Å²) in [5.74, 6) is 0.393. The molecule has 1 N–H and O–H groups in total. The summed E-state index contributed by atoms with van der Waals surface area (Å²) in [6.45, 7) is 1.94. The van der Waals surface area contributed by atoms with Crippen LogP contribution in [0.3, 0.4) is 0 Å². The second-order valence-corrected chi connectivity index (χ2v) is 6.13. The predicted molar refractivity (Wildman–Crippen MR) is 96.5 cm³/mol. The first kappa shape index (κ1) is 18.0. The van der Waals surface area contributed by atoms with E-state index in [1.165, 1.54) is 0 Å². The van der Waals surface area contributed by atoms with Gasteiger partial charge in [-0.05, 0) is 30.3 Å². The summed E-state index contributed by atoms with van der Waals surface area (Å²) in [5, 5.41) is 2.93. The van der Waals surface area contributed by atoms with Gasteiger partial charge >= 0.3 is 0 Å². The molecule has 0 spiro atoms. The molecule has 2 amide bonds. The Morgan fingerprint density at radius 2 is 2.12 bits per heavy atom. The van der Waals surface area contributed by atoms with E-state index in [0.717, 1.165) is 0 Å². The minimum atomic E-state index is -0.193. The summed E-state index contributed by atoms with van der Waals surface area (Å²) >= 11 is 0. The number of amides is 2. The van der Waals surface area contributed by atoms with Gasteiger partial charge in [-0.15, -0.1) is 0 Å². The number of methoxy groups -OCH3 is 2. The first-order valence-electron chi connectivity index (χ1n) is 8.51. The lowest BCUT2D eigenvalue weighted by Gasteiger charge is -2.36. The standard InChI is InChI=1S/C19H23N3O4/c1-25-10-9-22-15(13-21-8-4-7-17(21)19(22)24)12-20-18(23)14-5-3-6-16(11-14)26-2/h3-8,11,15H,9-10,12-13H2,1-2H3,(H,20,23). The maximum absolute atomic E-state index is 12.7. The van der Waals surface area contributed by atoms with Crippen LogP contribution in [0.5, 0.6) is 5.75 Å². The highest BCUT2D eigenvalue weighted by Gasteiger charge is 2.32. The minimum Gasteiger partial charge on any atom is -0.497 e. The monoisotopic (exact) mass is 357 g/mol. The van der Waals surface area contributed by atoms with Crippen LogP contribution in [0.4, 0.5) is 0 Å². The van der Waals surface area contributed by atoms with Gasteiger partial charge in [-0.3, -0.25) is 9.59 Å². The van der Waals surface area contributed by atoms with Crippen molar-refractivity contribution in [1.29, 1.82) is 0 Å². The van der Waals surface area contributed by atoms with Crippen molar-refractivity contribution in [2.75, 3.05) is 33.9 Å². The minimum absolute atomic E-state index is 0.0427. The van der Waals surface area contributed by atoms with Gasteiger partial charge in [0.1, 0.15) is 11.4 Å². The lowest BCUT2D eigenvalue weighted by Crippen LogP contribution is -2.53. The number of hydrogen-bond donors (Lipinski definition) is 1. The normalized spacial score (nSPS) is 16.3. The summed E-state index contributed by atoms with van der Waals surface area (Å²) < 4.78 is 12.2. The largest absolute Gasteiger partial charge is 0.497 e. The molecule has 1 aliphatic heterocycles. The zero-order chi connectivity index (χ0) is 18.5. The van der Waals surface area contributed by atoms with E-state index in [4.69, 9.17) is 9.47 Å². The summed E-state index contributed by atoms with van der Waals surface area (Å²) in [6.07, 6.45) is 1.89. The molecule has 7 nitrogen and oxygen atoms in total. The van der Waals surface area contributed by atoms with Crippen LogP contribution in [-0.2, 0) is 11.3 Å². The third-order valence-electron chi connectivity index (χ3n) is 4.52. The molecule has 0 fully saturated rings. The SMILES string of the molecule is COCCN1C(=O)c2cccn2CC1CNC(=O)c1cccc(OC)c1. The molecule has 0 radical (unpaired) electrons. The molecule has 138 valence electrons. The summed E-state index contributed by atoms with van der Waals surface area (Å²) in [5.41, 5.74) is 1.19. The molecule has 26 heavy (non-hydrogen) atoms. The Kier molecular flexibility index (Phi) is 5.58. The summed E-state index contributed by atoms with van der Waals surface area (Å²) in [6, 6.07) is 10.5. The van der Waals surface area contributed by atoms with Crippen molar-refractivity contribution in [3.05, 3.63) is 53.9 Å². The van der Waals surface area contributed by atoms with Gasteiger partial charge in [0.2, 0.25) is 0 Å². The average molecular weight is 357 g/mol. The zero-order valence-electron chi connectivity index (χ0n) is 15.0. The summed E-state index contributed by atoms with van der Waals surface area (Å²) in [7, 11) is 3.17. The number of fused-ring (bicyclic) bond motifs is 1. The van der Waals surface area contributed by atoms with Crippen LogP contribution in [0.25, 0.3) is 0 Å². The van der Waals surface area contributed by atoms with Crippen molar-refractivity contribution in [2.45, 2.75) is 12.6 Å². The second-order valence-electron chi connectivity index (χ2n) is 6.13. The van der Waals surface area contributed by atoms with E-state index in [1.54, 1.807) is 43.4 Å². The van der Waals surface area contributed by atoms with Crippen molar-refractivity contribution >= 4 is 11.8 Å². The molecule has 0 saturated heterocycles. The van der Waals surface area contributed by atoms with Crippen LogP contribution in [0, 0.1) is 0 Å². The van der Waals surface area contributed by atoms with Crippen molar-refractivity contribution in [3.8, 4) is 5.75 Å². The molecular weight excluding hydrogens is 334 g/mol. The van der Waals surface area contributed by atoms with Gasteiger partial charge in [0, 0.05) is 38.5 Å². The fourth-order valence-corrected chi connectivity index (χ4v) is 3.13. The van der Waals surface area contributed by atoms with Gasteiger partial charge in [0.15, 0.2) is 0 Å². The smallest absolute Gasteiger partial charge is 0.270 e. The molecule has 1 unspecified atom stereocenters. The summed E-state index contributed by atoms with van der Waals surface area (Å²) in [4.78, 5) is 26.9. The van der Waals surface area contributed by atoms with E-state index in [-0.39, 0.29) is 17.9 Å². The van der Waals surface area contributed by atoms with Crippen LogP contribution in [0.2, 0.25) is 0 Å². The number of ether oxygens (including phenoxy) is 2. The van der Waals surface area contributed by atoms with Gasteiger partial charge in [-0.1, -0.05) is 6.07 Å². The number of hydrogen-bond acceptors (Lipinski definition) is 4. The molecule has 0 aliphatic carbocycles. The number of rotatable bonds is 7. The van der Waals surface area contributed by atoms with Crippen LogP contribution < -0.4 is 10.1 Å². The Hall–Kier alpha value is -2.80. The Morgan fingerprint density at radius 1 is 1.27 bits per heavy atom. The number of carbonyl (C=O) groups excluding carboxylic acids is 2. The number of nitrogens with one attached hydrogen (secondary N) is 1. The third-order valence-corrected chi connectivity index (χ3v) is 4.52. The molecule has 1 aromatic heterocycles. The van der Waals surface area contributed by atoms with Crippen molar-refractivity contribution < 1.29 is 19.1 Å². The van der Waals surface area contributed by atoms with Crippen molar-refractivity contribution in [3.63, 3.8) is 0 Å². The Bertz CT molecular complexity index is 787. The highest BCUT2D eigenvalue weighted by atomic mass is 16.5. The fraction of sp³-hybridized carbons (Fsp3) is 0.368. The Labute approximate surface area is 152 Å². The van der Waals surface area contributed by atoms with E-state index in [9.17, 15) is 9.59 Å². The molecular formula is C19H23N3O4.